The van der Waals surface area contributed by atoms with Gasteiger partial charge >= 0.3 is 0 Å². The zero-order valence-electron chi connectivity index (χ0n) is 7.84. The number of rotatable bonds is 6. The Balaban J connectivity index is -0.000000107. The molecule has 0 rings (SSSR count). The van der Waals surface area contributed by atoms with E-state index in [0.717, 1.165) is 0 Å². The first-order chi connectivity index (χ1) is 4.41. The third kappa shape index (κ3) is 22.5. The zero-order valence-corrected chi connectivity index (χ0v) is 13.9. The Kier molecular flexibility index (Phi) is 44.4. The average molecular weight is 306 g/mol. The van der Waals surface area contributed by atoms with Crippen LogP contribution < -0.4 is 0 Å². The summed E-state index contributed by atoms with van der Waals surface area (Å²) in [7, 11) is 1.39. The Bertz CT molecular complexity index is 72.1. The van der Waals surface area contributed by atoms with Crippen LogP contribution in [-0.4, -0.2) is 10.2 Å². The molecule has 0 nitrogen and oxygen atoms in total. The molecule has 0 aromatic carbocycles. The van der Waals surface area contributed by atoms with Crippen LogP contribution in [0.5, 0.6) is 0 Å². The van der Waals surface area contributed by atoms with Crippen molar-refractivity contribution in [3.63, 3.8) is 0 Å². The largest absolute Gasteiger partial charge is 0.147 e. The number of hydrogen-bond acceptors (Lipinski definition) is 0. The van der Waals surface area contributed by atoms with E-state index in [4.69, 9.17) is 0 Å². The topological polar surface area (TPSA) is 0 Å². The summed E-state index contributed by atoms with van der Waals surface area (Å²) >= 11 is 0. The standard InChI is InChI=1S/C8H18Si.2ClH.Zr/c1-2-3-4-5-6-7-8-9;;;/h2H,1,3-8H2,9H3;2*1H;. The van der Waals surface area contributed by atoms with E-state index in [2.05, 4.69) is 6.58 Å². The molecule has 74 valence electrons. The molecular weight excluding hydrogens is 286 g/mol. The molecule has 0 saturated carbocycles. The predicted octanol–water partition coefficient (Wildman–Crippen LogP) is 2.75. The van der Waals surface area contributed by atoms with Crippen LogP contribution in [0.2, 0.25) is 6.04 Å². The van der Waals surface area contributed by atoms with E-state index < -0.39 is 0 Å². The third-order valence-corrected chi connectivity index (χ3v) is 2.22. The van der Waals surface area contributed by atoms with E-state index in [1.807, 2.05) is 6.08 Å². The maximum absolute atomic E-state index is 3.69. The van der Waals surface area contributed by atoms with E-state index in [0.29, 0.717) is 0 Å². The van der Waals surface area contributed by atoms with Crippen LogP contribution in [0.15, 0.2) is 12.7 Å². The molecule has 0 aliphatic carbocycles. The van der Waals surface area contributed by atoms with Crippen molar-refractivity contribution in [2.45, 2.75) is 38.1 Å². The van der Waals surface area contributed by atoms with Gasteiger partial charge in [-0.25, -0.2) is 0 Å². The van der Waals surface area contributed by atoms with Crippen LogP contribution >= 0.6 is 24.8 Å². The van der Waals surface area contributed by atoms with Crippen molar-refractivity contribution in [1.82, 2.24) is 0 Å². The second-order valence-electron chi connectivity index (χ2n) is 2.49. The Morgan fingerprint density at radius 3 is 1.92 bits per heavy atom. The molecule has 0 unspecified atom stereocenters. The van der Waals surface area contributed by atoms with E-state index >= 15 is 0 Å². The molecule has 12 heavy (non-hydrogen) atoms. The number of halogens is 2. The molecule has 0 bridgehead atoms. The second kappa shape index (κ2) is 22.8. The summed E-state index contributed by atoms with van der Waals surface area (Å²) in [5.74, 6) is 0. The molecule has 0 N–H and O–H groups in total. The summed E-state index contributed by atoms with van der Waals surface area (Å²) in [6.45, 7) is 3.69. The van der Waals surface area contributed by atoms with Crippen molar-refractivity contribution in [2.75, 3.05) is 0 Å². The maximum atomic E-state index is 3.69. The van der Waals surface area contributed by atoms with Crippen LogP contribution in [0.25, 0.3) is 0 Å². The van der Waals surface area contributed by atoms with Gasteiger partial charge in [-0.3, -0.25) is 0 Å². The second-order valence-corrected chi connectivity index (χ2v) is 3.49. The first kappa shape index (κ1) is 23.3. The molecular formula is C8H20Cl2SiZr. The van der Waals surface area contributed by atoms with Crippen molar-refractivity contribution in [3.8, 4) is 0 Å². The van der Waals surface area contributed by atoms with Gasteiger partial charge in [0.25, 0.3) is 0 Å². The first-order valence-electron chi connectivity index (χ1n) is 4.02. The normalized spacial score (nSPS) is 7.33. The Morgan fingerprint density at radius 2 is 1.50 bits per heavy atom. The minimum atomic E-state index is 0. The van der Waals surface area contributed by atoms with E-state index in [9.17, 15) is 0 Å². The zero-order chi connectivity index (χ0) is 6.95. The van der Waals surface area contributed by atoms with E-state index in [1.165, 1.54) is 48.4 Å². The summed E-state index contributed by atoms with van der Waals surface area (Å²) < 4.78 is 0. The molecule has 4 heteroatoms. The first-order valence-corrected chi connectivity index (χ1v) is 5.44. The van der Waals surface area contributed by atoms with Gasteiger partial charge < -0.3 is 0 Å². The fraction of sp³-hybridized carbons (Fsp3) is 0.750. The summed E-state index contributed by atoms with van der Waals surface area (Å²) in [6.07, 6.45) is 8.89. The number of hydrogen-bond donors (Lipinski definition) is 0. The molecule has 0 radical (unpaired) electrons. The van der Waals surface area contributed by atoms with Gasteiger partial charge in [0.05, 0.1) is 0 Å². The fourth-order valence-corrected chi connectivity index (χ4v) is 1.39. The van der Waals surface area contributed by atoms with Crippen LogP contribution in [0, 0.1) is 0 Å². The predicted molar refractivity (Wildman–Crippen MR) is 62.5 cm³/mol. The van der Waals surface area contributed by atoms with Crippen molar-refractivity contribution >= 4 is 35.1 Å². The summed E-state index contributed by atoms with van der Waals surface area (Å²) in [5.41, 5.74) is 0. The molecule has 0 amide bonds. The molecule has 0 aliphatic heterocycles. The summed E-state index contributed by atoms with van der Waals surface area (Å²) in [6, 6.07) is 1.48. The minimum absolute atomic E-state index is 0. The van der Waals surface area contributed by atoms with Crippen molar-refractivity contribution < 1.29 is 26.2 Å². The Morgan fingerprint density at radius 1 is 1.00 bits per heavy atom. The van der Waals surface area contributed by atoms with Gasteiger partial charge in [0.2, 0.25) is 0 Å². The van der Waals surface area contributed by atoms with Gasteiger partial charge in [-0.15, -0.1) is 31.4 Å². The van der Waals surface area contributed by atoms with Crippen molar-refractivity contribution in [3.05, 3.63) is 12.7 Å². The quantitative estimate of drug-likeness (QED) is 0.402. The molecule has 0 atom stereocenters. The minimum Gasteiger partial charge on any atom is -0.147 e. The van der Waals surface area contributed by atoms with Gasteiger partial charge in [-0.2, -0.15) is 0 Å². The summed E-state index contributed by atoms with van der Waals surface area (Å²) in [5, 5.41) is 0. The van der Waals surface area contributed by atoms with Crippen molar-refractivity contribution in [2.24, 2.45) is 0 Å². The fourth-order valence-electron chi connectivity index (χ4n) is 0.892. The Hall–Kier alpha value is 1.42. The van der Waals surface area contributed by atoms with Crippen LogP contribution in [-0.2, 0) is 26.2 Å². The van der Waals surface area contributed by atoms with Gasteiger partial charge in [-0.1, -0.05) is 31.4 Å². The van der Waals surface area contributed by atoms with E-state index in [1.54, 1.807) is 0 Å². The van der Waals surface area contributed by atoms with Crippen LogP contribution in [0.1, 0.15) is 32.1 Å². The monoisotopic (exact) mass is 304 g/mol. The van der Waals surface area contributed by atoms with Crippen molar-refractivity contribution in [1.29, 1.82) is 0 Å². The molecule has 0 aliphatic rings. The summed E-state index contributed by atoms with van der Waals surface area (Å²) in [4.78, 5) is 0. The van der Waals surface area contributed by atoms with Gasteiger partial charge in [0.1, 0.15) is 0 Å². The molecule has 0 fully saturated rings. The maximum Gasteiger partial charge on any atom is 0.00279 e. The SMILES string of the molecule is C=CCCCCCC[SiH3].Cl.Cl.[Zr]. The smallest absolute Gasteiger partial charge is 0.00279 e. The molecule has 0 aromatic heterocycles. The molecule has 0 heterocycles. The van der Waals surface area contributed by atoms with Crippen LogP contribution in [0.3, 0.4) is 0 Å². The number of allylic oxidation sites excluding steroid dienone is 1. The van der Waals surface area contributed by atoms with Crippen LogP contribution in [0.4, 0.5) is 0 Å². The van der Waals surface area contributed by atoms with Gasteiger partial charge in [-0.05, 0) is 12.8 Å². The Labute approximate surface area is 111 Å². The van der Waals surface area contributed by atoms with Gasteiger partial charge in [0.15, 0.2) is 0 Å². The van der Waals surface area contributed by atoms with E-state index in [-0.39, 0.29) is 51.0 Å². The molecule has 0 saturated heterocycles. The third-order valence-electron chi connectivity index (χ3n) is 1.51. The molecule has 0 spiro atoms. The van der Waals surface area contributed by atoms with Gasteiger partial charge in [0, 0.05) is 36.4 Å². The average Bonchev–Trinajstić information content (AvgIpc) is 1.89. The number of unbranched alkanes of at least 4 members (excludes halogenated alkanes) is 4. The molecule has 0 aromatic rings.